The maximum Gasteiger partial charge on any atom is 0.292 e. The zero-order chi connectivity index (χ0) is 21.8. The average Bonchev–Trinajstić information content (AvgIpc) is 3.49. The summed E-state index contributed by atoms with van der Waals surface area (Å²) in [5, 5.41) is 4.15. The number of amides is 3. The van der Waals surface area contributed by atoms with Crippen LogP contribution in [-0.2, 0) is 9.59 Å². The molecule has 170 valence electrons. The number of carbonyl (C=O) groups excluding carboxylic acids is 3. The first-order valence-electron chi connectivity index (χ1n) is 11.8. The van der Waals surface area contributed by atoms with E-state index in [0.29, 0.717) is 19.5 Å². The molecule has 0 aromatic carbocycles. The van der Waals surface area contributed by atoms with Gasteiger partial charge in [0.2, 0.25) is 17.6 Å². The summed E-state index contributed by atoms with van der Waals surface area (Å²) >= 11 is 0. The van der Waals surface area contributed by atoms with Gasteiger partial charge in [-0.1, -0.05) is 30.8 Å². The molecule has 8 nitrogen and oxygen atoms in total. The highest BCUT2D eigenvalue weighted by atomic mass is 16.5. The largest absolute Gasteiger partial charge is 0.369 e. The smallest absolute Gasteiger partial charge is 0.292 e. The molecular weight excluding hydrogens is 396 g/mol. The van der Waals surface area contributed by atoms with Crippen LogP contribution in [0.15, 0.2) is 10.6 Å². The number of nitrogens with zero attached hydrogens (tertiary/aromatic N) is 3. The van der Waals surface area contributed by atoms with E-state index >= 15 is 0 Å². The highest BCUT2D eigenvalue weighted by Crippen LogP contribution is 2.31. The van der Waals surface area contributed by atoms with Crippen molar-refractivity contribution in [2.75, 3.05) is 26.2 Å². The second kappa shape index (κ2) is 9.83. The number of carbonyl (C=O) groups is 3. The van der Waals surface area contributed by atoms with E-state index in [9.17, 15) is 14.4 Å². The summed E-state index contributed by atoms with van der Waals surface area (Å²) in [6.07, 6.45) is 10.0. The quantitative estimate of drug-likeness (QED) is 0.746. The number of likely N-dealkylation sites (tertiary alicyclic amines) is 2. The van der Waals surface area contributed by atoms with Gasteiger partial charge in [0.1, 0.15) is 0 Å². The van der Waals surface area contributed by atoms with Gasteiger partial charge in [-0.05, 0) is 38.0 Å². The number of hydrogen-bond donors (Lipinski definition) is 1. The topological polar surface area (TPSA) is 110 Å². The lowest BCUT2D eigenvalue weighted by Crippen LogP contribution is -2.44. The molecule has 3 aliphatic rings. The summed E-state index contributed by atoms with van der Waals surface area (Å²) in [4.78, 5) is 40.4. The predicted molar refractivity (Wildman–Crippen MR) is 114 cm³/mol. The van der Waals surface area contributed by atoms with Crippen LogP contribution in [0.1, 0.15) is 86.4 Å². The van der Waals surface area contributed by atoms with Crippen LogP contribution in [0.3, 0.4) is 0 Å². The molecule has 0 radical (unpaired) electrons. The molecular formula is C23H34N4O4. The Labute approximate surface area is 183 Å². The molecule has 1 atom stereocenters. The Morgan fingerprint density at radius 2 is 1.74 bits per heavy atom. The molecule has 2 aliphatic heterocycles. The summed E-state index contributed by atoms with van der Waals surface area (Å²) in [6, 6.07) is 1.73. The Kier molecular flexibility index (Phi) is 6.92. The molecule has 3 amide bonds. The lowest BCUT2D eigenvalue weighted by molar-refractivity contribution is -0.132. The highest BCUT2D eigenvalue weighted by Gasteiger charge is 2.31. The number of piperidine rings is 2. The van der Waals surface area contributed by atoms with Crippen LogP contribution in [-0.4, -0.2) is 58.9 Å². The fourth-order valence-electron chi connectivity index (χ4n) is 5.34. The zero-order valence-electron chi connectivity index (χ0n) is 18.3. The van der Waals surface area contributed by atoms with E-state index in [-0.39, 0.29) is 35.3 Å². The third kappa shape index (κ3) is 5.28. The summed E-state index contributed by atoms with van der Waals surface area (Å²) in [6.45, 7) is 2.40. The van der Waals surface area contributed by atoms with Gasteiger partial charge in [0, 0.05) is 44.6 Å². The molecule has 0 bridgehead atoms. The number of nitrogens with two attached hydrogens (primary N) is 1. The van der Waals surface area contributed by atoms with Crippen molar-refractivity contribution in [2.45, 2.75) is 70.1 Å². The van der Waals surface area contributed by atoms with E-state index in [4.69, 9.17) is 10.3 Å². The number of primary amides is 1. The first kappa shape index (κ1) is 21.8. The molecule has 4 rings (SSSR count). The summed E-state index contributed by atoms with van der Waals surface area (Å²) in [7, 11) is 0. The molecule has 3 heterocycles. The molecule has 2 N–H and O–H groups in total. The minimum absolute atomic E-state index is 0.198. The molecule has 2 saturated heterocycles. The van der Waals surface area contributed by atoms with Gasteiger partial charge in [-0.3, -0.25) is 14.4 Å². The standard InChI is InChI=1S/C23H34N4O4/c24-22(29)18-6-3-11-27(15-18)23(30)20-14-19(25-31-20)17-9-12-26(13-10-17)21(28)8-7-16-4-1-2-5-16/h14,16-18H,1-13,15H2,(H2,24,29). The van der Waals surface area contributed by atoms with E-state index in [1.807, 2.05) is 4.90 Å². The van der Waals surface area contributed by atoms with E-state index in [1.165, 1.54) is 25.7 Å². The van der Waals surface area contributed by atoms with Crippen LogP contribution in [0.2, 0.25) is 0 Å². The normalized spacial score (nSPS) is 23.3. The maximum atomic E-state index is 12.8. The third-order valence-electron chi connectivity index (χ3n) is 7.36. The Morgan fingerprint density at radius 3 is 2.45 bits per heavy atom. The Balaban J connectivity index is 1.26. The molecule has 1 unspecified atom stereocenters. The molecule has 3 fully saturated rings. The van der Waals surface area contributed by atoms with Crippen molar-refractivity contribution in [3.8, 4) is 0 Å². The van der Waals surface area contributed by atoms with Crippen molar-refractivity contribution in [1.82, 2.24) is 15.0 Å². The summed E-state index contributed by atoms with van der Waals surface area (Å²) in [5.41, 5.74) is 6.19. The average molecular weight is 431 g/mol. The molecule has 1 aromatic heterocycles. The van der Waals surface area contributed by atoms with Gasteiger partial charge in [-0.25, -0.2) is 0 Å². The fourth-order valence-corrected chi connectivity index (χ4v) is 5.34. The van der Waals surface area contributed by atoms with Crippen molar-refractivity contribution < 1.29 is 18.9 Å². The van der Waals surface area contributed by atoms with Crippen molar-refractivity contribution >= 4 is 17.7 Å². The van der Waals surface area contributed by atoms with Gasteiger partial charge in [0.25, 0.3) is 5.91 Å². The molecule has 1 aliphatic carbocycles. The van der Waals surface area contributed by atoms with Gasteiger partial charge in [-0.2, -0.15) is 0 Å². The third-order valence-corrected chi connectivity index (χ3v) is 7.36. The first-order valence-corrected chi connectivity index (χ1v) is 11.8. The lowest BCUT2D eigenvalue weighted by Gasteiger charge is -2.31. The summed E-state index contributed by atoms with van der Waals surface area (Å²) in [5.74, 6) is 0.542. The van der Waals surface area contributed by atoms with Crippen molar-refractivity contribution in [2.24, 2.45) is 17.6 Å². The van der Waals surface area contributed by atoms with Gasteiger partial charge < -0.3 is 20.1 Å². The Bertz CT molecular complexity index is 793. The van der Waals surface area contributed by atoms with E-state index in [0.717, 1.165) is 56.8 Å². The van der Waals surface area contributed by atoms with Gasteiger partial charge >= 0.3 is 0 Å². The van der Waals surface area contributed by atoms with Crippen molar-refractivity contribution in [3.05, 3.63) is 17.5 Å². The van der Waals surface area contributed by atoms with Crippen molar-refractivity contribution in [3.63, 3.8) is 0 Å². The van der Waals surface area contributed by atoms with Gasteiger partial charge in [0.05, 0.1) is 11.6 Å². The zero-order valence-corrected chi connectivity index (χ0v) is 18.3. The molecule has 1 aromatic rings. The van der Waals surface area contributed by atoms with Crippen LogP contribution < -0.4 is 5.73 Å². The first-order chi connectivity index (χ1) is 15.0. The second-order valence-corrected chi connectivity index (χ2v) is 9.45. The van der Waals surface area contributed by atoms with Crippen LogP contribution in [0, 0.1) is 11.8 Å². The number of aromatic nitrogens is 1. The number of rotatable bonds is 6. The predicted octanol–water partition coefficient (Wildman–Crippen LogP) is 2.69. The van der Waals surface area contributed by atoms with Crippen LogP contribution in [0.5, 0.6) is 0 Å². The minimum atomic E-state index is -0.361. The Hall–Kier alpha value is -2.38. The van der Waals surface area contributed by atoms with Gasteiger partial charge in [-0.15, -0.1) is 0 Å². The molecule has 31 heavy (non-hydrogen) atoms. The van der Waals surface area contributed by atoms with Crippen LogP contribution in [0.4, 0.5) is 0 Å². The van der Waals surface area contributed by atoms with E-state index < -0.39 is 0 Å². The van der Waals surface area contributed by atoms with E-state index in [2.05, 4.69) is 5.16 Å². The highest BCUT2D eigenvalue weighted by molar-refractivity contribution is 5.92. The second-order valence-electron chi connectivity index (χ2n) is 9.45. The molecule has 8 heteroatoms. The molecule has 0 spiro atoms. The van der Waals surface area contributed by atoms with Gasteiger partial charge in [0.15, 0.2) is 0 Å². The summed E-state index contributed by atoms with van der Waals surface area (Å²) < 4.78 is 5.36. The van der Waals surface area contributed by atoms with Crippen LogP contribution in [0.25, 0.3) is 0 Å². The Morgan fingerprint density at radius 1 is 1.00 bits per heavy atom. The fraction of sp³-hybridized carbons (Fsp3) is 0.739. The monoisotopic (exact) mass is 430 g/mol. The van der Waals surface area contributed by atoms with E-state index in [1.54, 1.807) is 11.0 Å². The minimum Gasteiger partial charge on any atom is -0.369 e. The SMILES string of the molecule is NC(=O)C1CCCN(C(=O)c2cc(C3CCN(C(=O)CCC4CCCC4)CC3)no2)C1. The van der Waals surface area contributed by atoms with Crippen molar-refractivity contribution in [1.29, 1.82) is 0 Å². The maximum absolute atomic E-state index is 12.8. The molecule has 1 saturated carbocycles. The number of hydrogen-bond acceptors (Lipinski definition) is 5. The van der Waals surface area contributed by atoms with Crippen LogP contribution >= 0.6 is 0 Å². The lowest BCUT2D eigenvalue weighted by atomic mass is 9.92.